The van der Waals surface area contributed by atoms with E-state index in [1.165, 1.54) is 47.4 Å². The molecule has 0 atom stereocenters. The Morgan fingerprint density at radius 2 is 1.15 bits per heavy atom. The van der Waals surface area contributed by atoms with Gasteiger partial charge in [0.1, 0.15) is 0 Å². The lowest BCUT2D eigenvalue weighted by atomic mass is 9.75. The lowest BCUT2D eigenvalue weighted by Crippen LogP contribution is -2.21. The molecular formula is C11H22I2. The Labute approximate surface area is 111 Å². The zero-order valence-corrected chi connectivity index (χ0v) is 13.2. The lowest BCUT2D eigenvalue weighted by Gasteiger charge is -2.32. The first-order chi connectivity index (χ1) is 6.24. The second kappa shape index (κ2) is 8.74. The molecule has 0 aromatic carbocycles. The summed E-state index contributed by atoms with van der Waals surface area (Å²) >= 11 is 5.06. The van der Waals surface area contributed by atoms with Crippen LogP contribution in [0.25, 0.3) is 0 Å². The molecule has 0 aromatic rings. The van der Waals surface area contributed by atoms with Crippen LogP contribution in [0.4, 0.5) is 0 Å². The van der Waals surface area contributed by atoms with E-state index in [1.54, 1.807) is 0 Å². The molecule has 0 unspecified atom stereocenters. The van der Waals surface area contributed by atoms with Gasteiger partial charge in [0.15, 0.2) is 0 Å². The quantitative estimate of drug-likeness (QED) is 0.382. The minimum Gasteiger partial charge on any atom is -0.0864 e. The van der Waals surface area contributed by atoms with Crippen molar-refractivity contribution in [3.8, 4) is 0 Å². The number of hydrogen-bond donors (Lipinski definition) is 0. The van der Waals surface area contributed by atoms with Crippen molar-refractivity contribution in [3.63, 3.8) is 0 Å². The minimum absolute atomic E-state index is 0.686. The Kier molecular flexibility index (Phi) is 9.72. The van der Waals surface area contributed by atoms with E-state index in [2.05, 4.69) is 59.0 Å². The fourth-order valence-electron chi connectivity index (χ4n) is 2.21. The second-order valence-corrected chi connectivity index (χ2v) is 6.04. The lowest BCUT2D eigenvalue weighted by molar-refractivity contribution is 0.221. The molecule has 80 valence electrons. The minimum atomic E-state index is 0.686. The molecule has 0 heterocycles. The van der Waals surface area contributed by atoms with Crippen LogP contribution in [0.1, 0.15) is 52.4 Å². The van der Waals surface area contributed by atoms with Gasteiger partial charge in [0.25, 0.3) is 0 Å². The Morgan fingerprint density at radius 1 is 0.769 bits per heavy atom. The van der Waals surface area contributed by atoms with Crippen LogP contribution in [-0.2, 0) is 0 Å². The zero-order chi connectivity index (χ0) is 10.2. The molecule has 0 rings (SSSR count). The topological polar surface area (TPSA) is 0 Å². The van der Waals surface area contributed by atoms with Crippen molar-refractivity contribution < 1.29 is 0 Å². The Hall–Kier alpha value is 1.46. The van der Waals surface area contributed by atoms with Crippen LogP contribution < -0.4 is 0 Å². The highest BCUT2D eigenvalue weighted by Crippen LogP contribution is 2.38. The smallest absolute Gasteiger partial charge is 0.0000560 e. The molecule has 0 N–H and O–H groups in total. The third kappa shape index (κ3) is 5.80. The SMILES string of the molecule is CCCC(CCC)(CCI)CCI. The Morgan fingerprint density at radius 3 is 1.38 bits per heavy atom. The molecule has 0 saturated heterocycles. The van der Waals surface area contributed by atoms with E-state index in [-0.39, 0.29) is 0 Å². The van der Waals surface area contributed by atoms with Crippen molar-refractivity contribution in [2.45, 2.75) is 52.4 Å². The first-order valence-electron chi connectivity index (χ1n) is 5.36. The third-order valence-electron chi connectivity index (χ3n) is 2.81. The average Bonchev–Trinajstić information content (AvgIpc) is 2.06. The van der Waals surface area contributed by atoms with E-state index in [0.717, 1.165) is 0 Å². The van der Waals surface area contributed by atoms with E-state index >= 15 is 0 Å². The predicted molar refractivity (Wildman–Crippen MR) is 79.3 cm³/mol. The van der Waals surface area contributed by atoms with Crippen LogP contribution in [0.5, 0.6) is 0 Å². The van der Waals surface area contributed by atoms with Gasteiger partial charge in [-0.1, -0.05) is 71.9 Å². The van der Waals surface area contributed by atoms with Gasteiger partial charge in [-0.2, -0.15) is 0 Å². The van der Waals surface area contributed by atoms with Crippen molar-refractivity contribution in [1.82, 2.24) is 0 Å². The van der Waals surface area contributed by atoms with E-state index in [1.807, 2.05) is 0 Å². The number of rotatable bonds is 8. The first-order valence-corrected chi connectivity index (χ1v) is 8.41. The molecule has 0 spiro atoms. The highest BCUT2D eigenvalue weighted by Gasteiger charge is 2.26. The van der Waals surface area contributed by atoms with Crippen molar-refractivity contribution >= 4 is 45.2 Å². The van der Waals surface area contributed by atoms with Gasteiger partial charge in [0, 0.05) is 8.86 Å². The summed E-state index contributed by atoms with van der Waals surface area (Å²) in [5, 5.41) is 0. The number of halogens is 2. The van der Waals surface area contributed by atoms with Crippen LogP contribution in [0.3, 0.4) is 0 Å². The third-order valence-corrected chi connectivity index (χ3v) is 3.89. The second-order valence-electron chi connectivity index (χ2n) is 3.88. The standard InChI is InChI=1S/C11H22I2/c1-3-5-11(6-4-2,7-9-12)8-10-13/h3-10H2,1-2H3. The summed E-state index contributed by atoms with van der Waals surface area (Å²) in [5.74, 6) is 0. The van der Waals surface area contributed by atoms with Crippen molar-refractivity contribution in [2.75, 3.05) is 8.86 Å². The predicted octanol–water partition coefficient (Wildman–Crippen LogP) is 5.22. The van der Waals surface area contributed by atoms with Gasteiger partial charge >= 0.3 is 0 Å². The average molecular weight is 408 g/mol. The van der Waals surface area contributed by atoms with Crippen molar-refractivity contribution in [1.29, 1.82) is 0 Å². The fourth-order valence-corrected chi connectivity index (χ4v) is 4.50. The molecule has 0 aromatic heterocycles. The molecule has 2 heteroatoms. The summed E-state index contributed by atoms with van der Waals surface area (Å²) in [6, 6.07) is 0. The summed E-state index contributed by atoms with van der Waals surface area (Å²) in [6.07, 6.45) is 8.44. The van der Waals surface area contributed by atoms with Gasteiger partial charge in [-0.3, -0.25) is 0 Å². The normalized spacial score (nSPS) is 12.0. The van der Waals surface area contributed by atoms with Crippen LogP contribution in [-0.4, -0.2) is 8.86 Å². The van der Waals surface area contributed by atoms with Crippen molar-refractivity contribution in [3.05, 3.63) is 0 Å². The highest BCUT2D eigenvalue weighted by atomic mass is 127. The highest BCUT2D eigenvalue weighted by molar-refractivity contribution is 14.1. The molecule has 0 aliphatic heterocycles. The summed E-state index contributed by atoms with van der Waals surface area (Å²) < 4.78 is 2.66. The fraction of sp³-hybridized carbons (Fsp3) is 1.00. The zero-order valence-electron chi connectivity index (χ0n) is 8.91. The maximum Gasteiger partial charge on any atom is 0.0000560 e. The molecule has 0 aliphatic rings. The summed E-state index contributed by atoms with van der Waals surface area (Å²) in [4.78, 5) is 0. The van der Waals surface area contributed by atoms with Gasteiger partial charge in [-0.05, 0) is 31.1 Å². The van der Waals surface area contributed by atoms with Crippen LogP contribution >= 0.6 is 45.2 Å². The van der Waals surface area contributed by atoms with Gasteiger partial charge in [-0.25, -0.2) is 0 Å². The van der Waals surface area contributed by atoms with Crippen LogP contribution in [0, 0.1) is 5.41 Å². The Bertz CT molecular complexity index is 83.1. The molecular weight excluding hydrogens is 386 g/mol. The molecule has 0 nitrogen and oxygen atoms in total. The maximum absolute atomic E-state index is 2.53. The number of alkyl halides is 2. The summed E-state index contributed by atoms with van der Waals surface area (Å²) in [6.45, 7) is 4.65. The van der Waals surface area contributed by atoms with Gasteiger partial charge < -0.3 is 0 Å². The maximum atomic E-state index is 2.53. The molecule has 0 fully saturated rings. The van der Waals surface area contributed by atoms with Crippen molar-refractivity contribution in [2.24, 2.45) is 5.41 Å². The van der Waals surface area contributed by atoms with E-state index < -0.39 is 0 Å². The molecule has 0 radical (unpaired) electrons. The van der Waals surface area contributed by atoms with Crippen LogP contribution in [0.2, 0.25) is 0 Å². The summed E-state index contributed by atoms with van der Waals surface area (Å²) in [7, 11) is 0. The van der Waals surface area contributed by atoms with E-state index in [9.17, 15) is 0 Å². The van der Waals surface area contributed by atoms with Gasteiger partial charge in [-0.15, -0.1) is 0 Å². The number of hydrogen-bond acceptors (Lipinski definition) is 0. The molecule has 0 amide bonds. The molecule has 0 saturated carbocycles. The van der Waals surface area contributed by atoms with Crippen LogP contribution in [0.15, 0.2) is 0 Å². The van der Waals surface area contributed by atoms with E-state index in [4.69, 9.17) is 0 Å². The van der Waals surface area contributed by atoms with Gasteiger partial charge in [0.2, 0.25) is 0 Å². The van der Waals surface area contributed by atoms with Gasteiger partial charge in [0.05, 0.1) is 0 Å². The monoisotopic (exact) mass is 408 g/mol. The first kappa shape index (κ1) is 14.5. The Balaban J connectivity index is 4.19. The molecule has 0 bridgehead atoms. The van der Waals surface area contributed by atoms with E-state index in [0.29, 0.717) is 5.41 Å². The molecule has 0 aliphatic carbocycles. The summed E-state index contributed by atoms with van der Waals surface area (Å²) in [5.41, 5.74) is 0.686. The molecule has 13 heavy (non-hydrogen) atoms. The largest absolute Gasteiger partial charge is 0.0864 e.